The summed E-state index contributed by atoms with van der Waals surface area (Å²) in [6, 6.07) is 16.8. The van der Waals surface area contributed by atoms with Crippen LogP contribution in [0.3, 0.4) is 0 Å². The first-order valence-electron chi connectivity index (χ1n) is 6.93. The zero-order valence-electron chi connectivity index (χ0n) is 11.6. The van der Waals surface area contributed by atoms with E-state index in [1.165, 1.54) is 11.1 Å². The Morgan fingerprint density at radius 2 is 1.90 bits per heavy atom. The molecule has 1 unspecified atom stereocenters. The Bertz CT molecular complexity index is 542. The van der Waals surface area contributed by atoms with Gasteiger partial charge >= 0.3 is 0 Å². The van der Waals surface area contributed by atoms with Crippen molar-refractivity contribution in [1.29, 1.82) is 0 Å². The van der Waals surface area contributed by atoms with Gasteiger partial charge in [0.2, 0.25) is 0 Å². The molecule has 0 bridgehead atoms. The molecule has 0 amide bonds. The van der Waals surface area contributed by atoms with Gasteiger partial charge in [-0.15, -0.1) is 0 Å². The van der Waals surface area contributed by atoms with Crippen LogP contribution in [0.4, 0.5) is 0 Å². The van der Waals surface area contributed by atoms with Crippen LogP contribution in [0.25, 0.3) is 0 Å². The van der Waals surface area contributed by atoms with Crippen molar-refractivity contribution in [3.05, 3.63) is 69.2 Å². The number of nitrogens with one attached hydrogen (secondary N) is 1. The maximum absolute atomic E-state index is 6.15. The largest absolute Gasteiger partial charge is 0.310 e. The lowest BCUT2D eigenvalue weighted by Crippen LogP contribution is -2.24. The van der Waals surface area contributed by atoms with E-state index < -0.39 is 0 Å². The van der Waals surface area contributed by atoms with E-state index >= 15 is 0 Å². The second kappa shape index (κ2) is 7.82. The van der Waals surface area contributed by atoms with Crippen molar-refractivity contribution in [2.45, 2.75) is 25.8 Å². The summed E-state index contributed by atoms with van der Waals surface area (Å²) in [6.07, 6.45) is 2.07. The lowest BCUT2D eigenvalue weighted by molar-refractivity contribution is 0.527. The highest BCUT2D eigenvalue weighted by molar-refractivity contribution is 9.10. The van der Waals surface area contributed by atoms with Crippen LogP contribution >= 0.6 is 27.5 Å². The van der Waals surface area contributed by atoms with E-state index in [1.54, 1.807) is 0 Å². The van der Waals surface area contributed by atoms with E-state index in [0.717, 1.165) is 28.9 Å². The lowest BCUT2D eigenvalue weighted by Gasteiger charge is -2.21. The molecule has 1 atom stereocenters. The summed E-state index contributed by atoms with van der Waals surface area (Å²) in [5.41, 5.74) is 2.54. The molecule has 0 saturated carbocycles. The zero-order valence-corrected chi connectivity index (χ0v) is 13.9. The maximum Gasteiger partial charge on any atom is 0.0410 e. The summed E-state index contributed by atoms with van der Waals surface area (Å²) in [5, 5.41) is 4.39. The van der Waals surface area contributed by atoms with E-state index in [0.29, 0.717) is 0 Å². The van der Waals surface area contributed by atoms with Gasteiger partial charge in [-0.1, -0.05) is 64.8 Å². The molecule has 0 spiro atoms. The van der Waals surface area contributed by atoms with E-state index in [1.807, 2.05) is 24.3 Å². The van der Waals surface area contributed by atoms with Gasteiger partial charge in [0.15, 0.2) is 0 Å². The van der Waals surface area contributed by atoms with Crippen molar-refractivity contribution < 1.29 is 0 Å². The van der Waals surface area contributed by atoms with E-state index in [2.05, 4.69) is 52.4 Å². The second-order valence-electron chi connectivity index (χ2n) is 4.86. The molecular weight excluding hydrogens is 334 g/mol. The van der Waals surface area contributed by atoms with Crippen LogP contribution in [0, 0.1) is 0 Å². The molecule has 0 aliphatic carbocycles. The maximum atomic E-state index is 6.15. The smallest absolute Gasteiger partial charge is 0.0410 e. The Labute approximate surface area is 134 Å². The molecule has 1 N–H and O–H groups in total. The van der Waals surface area contributed by atoms with Gasteiger partial charge in [-0.05, 0) is 48.7 Å². The molecule has 20 heavy (non-hydrogen) atoms. The van der Waals surface area contributed by atoms with E-state index in [9.17, 15) is 0 Å². The first kappa shape index (κ1) is 15.6. The summed E-state index contributed by atoms with van der Waals surface area (Å²) in [4.78, 5) is 0. The normalized spacial score (nSPS) is 12.3. The quantitative estimate of drug-likeness (QED) is 0.735. The van der Waals surface area contributed by atoms with Gasteiger partial charge in [-0.25, -0.2) is 0 Å². The fourth-order valence-corrected chi connectivity index (χ4v) is 2.95. The SMILES string of the molecule is CCCNC(Cc1ccccc1)c1cc(Cl)ccc1Br. The fourth-order valence-electron chi connectivity index (χ4n) is 2.24. The monoisotopic (exact) mass is 351 g/mol. The summed E-state index contributed by atoms with van der Waals surface area (Å²) in [5.74, 6) is 0. The standard InChI is InChI=1S/C17H19BrClN/c1-2-10-20-17(11-13-6-4-3-5-7-13)15-12-14(19)8-9-16(15)18/h3-9,12,17,20H,2,10-11H2,1H3. The molecule has 0 aliphatic heterocycles. The van der Waals surface area contributed by atoms with Crippen LogP contribution in [-0.2, 0) is 6.42 Å². The van der Waals surface area contributed by atoms with Gasteiger partial charge in [0, 0.05) is 15.5 Å². The molecule has 2 aromatic rings. The van der Waals surface area contributed by atoms with E-state index in [4.69, 9.17) is 11.6 Å². The molecule has 2 aromatic carbocycles. The predicted molar refractivity (Wildman–Crippen MR) is 90.3 cm³/mol. The highest BCUT2D eigenvalue weighted by atomic mass is 79.9. The molecule has 0 heterocycles. The molecule has 1 nitrogen and oxygen atoms in total. The van der Waals surface area contributed by atoms with Gasteiger partial charge < -0.3 is 5.32 Å². The Hall–Kier alpha value is -0.830. The summed E-state index contributed by atoms with van der Waals surface area (Å²) in [7, 11) is 0. The number of hydrogen-bond donors (Lipinski definition) is 1. The summed E-state index contributed by atoms with van der Waals surface area (Å²) in [6.45, 7) is 3.18. The zero-order chi connectivity index (χ0) is 14.4. The Balaban J connectivity index is 2.24. The number of hydrogen-bond acceptors (Lipinski definition) is 1. The van der Waals surface area contributed by atoms with Crippen LogP contribution in [-0.4, -0.2) is 6.54 Å². The number of benzene rings is 2. The first-order valence-corrected chi connectivity index (χ1v) is 8.10. The highest BCUT2D eigenvalue weighted by Crippen LogP contribution is 2.29. The predicted octanol–water partition coefficient (Wildman–Crippen LogP) is 5.39. The summed E-state index contributed by atoms with van der Waals surface area (Å²) >= 11 is 9.79. The van der Waals surface area contributed by atoms with Crippen LogP contribution < -0.4 is 5.32 Å². The minimum atomic E-state index is 0.269. The van der Waals surface area contributed by atoms with Crippen LogP contribution in [0.1, 0.15) is 30.5 Å². The molecule has 0 fully saturated rings. The third-order valence-electron chi connectivity index (χ3n) is 3.26. The van der Waals surface area contributed by atoms with Crippen molar-refractivity contribution >= 4 is 27.5 Å². The minimum absolute atomic E-state index is 0.269. The molecule has 0 aromatic heterocycles. The minimum Gasteiger partial charge on any atom is -0.310 e. The van der Waals surface area contributed by atoms with Crippen molar-refractivity contribution in [2.24, 2.45) is 0 Å². The topological polar surface area (TPSA) is 12.0 Å². The Morgan fingerprint density at radius 3 is 2.60 bits per heavy atom. The lowest BCUT2D eigenvalue weighted by atomic mass is 9.98. The van der Waals surface area contributed by atoms with E-state index in [-0.39, 0.29) is 6.04 Å². The van der Waals surface area contributed by atoms with Gasteiger partial charge in [-0.3, -0.25) is 0 Å². The average Bonchev–Trinajstić information content (AvgIpc) is 2.47. The second-order valence-corrected chi connectivity index (χ2v) is 6.15. The van der Waals surface area contributed by atoms with Crippen molar-refractivity contribution in [1.82, 2.24) is 5.32 Å². The average molecular weight is 353 g/mol. The molecule has 2 rings (SSSR count). The highest BCUT2D eigenvalue weighted by Gasteiger charge is 2.15. The Morgan fingerprint density at radius 1 is 1.15 bits per heavy atom. The molecule has 0 aliphatic rings. The van der Waals surface area contributed by atoms with Gasteiger partial charge in [0.25, 0.3) is 0 Å². The van der Waals surface area contributed by atoms with Crippen LogP contribution in [0.2, 0.25) is 5.02 Å². The fraction of sp³-hybridized carbons (Fsp3) is 0.294. The third-order valence-corrected chi connectivity index (χ3v) is 4.21. The van der Waals surface area contributed by atoms with Crippen molar-refractivity contribution in [2.75, 3.05) is 6.54 Å². The molecule has 0 radical (unpaired) electrons. The molecular formula is C17H19BrClN. The van der Waals surface area contributed by atoms with Crippen LogP contribution in [0.15, 0.2) is 53.0 Å². The van der Waals surface area contributed by atoms with Gasteiger partial charge in [0.1, 0.15) is 0 Å². The first-order chi connectivity index (χ1) is 9.70. The Kier molecular flexibility index (Phi) is 6.08. The summed E-state index contributed by atoms with van der Waals surface area (Å²) < 4.78 is 1.10. The number of halogens is 2. The third kappa shape index (κ3) is 4.34. The number of rotatable bonds is 6. The van der Waals surface area contributed by atoms with Crippen molar-refractivity contribution in [3.8, 4) is 0 Å². The van der Waals surface area contributed by atoms with Gasteiger partial charge in [-0.2, -0.15) is 0 Å². The van der Waals surface area contributed by atoms with Gasteiger partial charge in [0.05, 0.1) is 0 Å². The molecule has 106 valence electrons. The molecule has 3 heteroatoms. The van der Waals surface area contributed by atoms with Crippen molar-refractivity contribution in [3.63, 3.8) is 0 Å². The van der Waals surface area contributed by atoms with Crippen LogP contribution in [0.5, 0.6) is 0 Å². The molecule has 0 saturated heterocycles.